The summed E-state index contributed by atoms with van der Waals surface area (Å²) in [5.41, 5.74) is -0.278. The van der Waals surface area contributed by atoms with Crippen LogP contribution in [-0.4, -0.2) is 0 Å². The van der Waals surface area contributed by atoms with Crippen LogP contribution in [0.15, 0.2) is 0 Å². The summed E-state index contributed by atoms with van der Waals surface area (Å²) in [4.78, 5) is 0. The van der Waals surface area contributed by atoms with Crippen molar-refractivity contribution in [1.82, 2.24) is 0 Å². The summed E-state index contributed by atoms with van der Waals surface area (Å²) in [5.74, 6) is 0. The molecule has 0 N–H and O–H groups in total. The molecule has 0 bridgehead atoms. The Morgan fingerprint density at radius 3 is 1.50 bits per heavy atom. The molecule has 1 rings (SSSR count). The second kappa shape index (κ2) is 0.988. The smallest absolute Gasteiger partial charge is 0.0229 e. The molecule has 6 heavy (non-hydrogen) atoms. The van der Waals surface area contributed by atoms with Crippen molar-refractivity contribution in [3.8, 4) is 0 Å². The standard InChI is InChI=1S/C6H8/c1-6(2)4-3-5-6/h1-2H,3-5H2. The molecular formula is C6H8. The quantitative estimate of drug-likeness (QED) is 0.414. The average Bonchev–Trinajstić information content (AvgIpc) is 1.32. The molecule has 0 nitrogen and oxygen atoms in total. The van der Waals surface area contributed by atoms with E-state index in [1.807, 2.05) is 0 Å². The van der Waals surface area contributed by atoms with Crippen molar-refractivity contribution in [3.63, 3.8) is 0 Å². The van der Waals surface area contributed by atoms with Crippen molar-refractivity contribution < 1.29 is 0 Å². The van der Waals surface area contributed by atoms with Crippen LogP contribution >= 0.6 is 0 Å². The first-order chi connectivity index (χ1) is 2.71. The normalized spacial score (nSPS) is 29.0. The van der Waals surface area contributed by atoms with E-state index >= 15 is 0 Å². The molecule has 0 aromatic heterocycles. The Kier molecular flexibility index (Phi) is 0.686. The molecule has 4 radical (unpaired) electrons. The Balaban J connectivity index is 2.31. The van der Waals surface area contributed by atoms with Crippen molar-refractivity contribution in [2.75, 3.05) is 0 Å². The molecule has 0 unspecified atom stereocenters. The summed E-state index contributed by atoms with van der Waals surface area (Å²) >= 11 is 0. The van der Waals surface area contributed by atoms with E-state index in [1.165, 1.54) is 6.42 Å². The van der Waals surface area contributed by atoms with E-state index in [1.54, 1.807) is 0 Å². The Bertz CT molecular complexity index is 47.1. The van der Waals surface area contributed by atoms with Gasteiger partial charge in [-0.3, -0.25) is 0 Å². The van der Waals surface area contributed by atoms with E-state index in [-0.39, 0.29) is 5.41 Å². The van der Waals surface area contributed by atoms with Crippen LogP contribution < -0.4 is 0 Å². The van der Waals surface area contributed by atoms with Gasteiger partial charge in [-0.25, -0.2) is 0 Å². The molecule has 0 aromatic rings. The Hall–Kier alpha value is 0. The molecule has 0 heteroatoms. The highest BCUT2D eigenvalue weighted by Crippen LogP contribution is 2.38. The monoisotopic (exact) mass is 80.1 g/mol. The van der Waals surface area contributed by atoms with Gasteiger partial charge in [0.15, 0.2) is 0 Å². The van der Waals surface area contributed by atoms with Crippen LogP contribution in [0.5, 0.6) is 0 Å². The van der Waals surface area contributed by atoms with Crippen molar-refractivity contribution >= 4 is 0 Å². The van der Waals surface area contributed by atoms with Gasteiger partial charge in [-0.1, -0.05) is 6.42 Å². The lowest BCUT2D eigenvalue weighted by molar-refractivity contribution is 0.269. The predicted molar refractivity (Wildman–Crippen MR) is 24.9 cm³/mol. The highest BCUT2D eigenvalue weighted by molar-refractivity contribution is 4.91. The van der Waals surface area contributed by atoms with Gasteiger partial charge in [-0.2, -0.15) is 0 Å². The molecule has 0 spiro atoms. The topological polar surface area (TPSA) is 0 Å². The lowest BCUT2D eigenvalue weighted by atomic mass is 9.72. The molecular weight excluding hydrogens is 72.1 g/mol. The highest BCUT2D eigenvalue weighted by Gasteiger charge is 2.25. The van der Waals surface area contributed by atoms with Gasteiger partial charge in [0.05, 0.1) is 0 Å². The maximum absolute atomic E-state index is 5.40. The van der Waals surface area contributed by atoms with Gasteiger partial charge >= 0.3 is 0 Å². The Morgan fingerprint density at radius 1 is 1.17 bits per heavy atom. The SMILES string of the molecule is [CH]C1([CH])CCC1. The van der Waals surface area contributed by atoms with Gasteiger partial charge in [0.25, 0.3) is 0 Å². The Morgan fingerprint density at radius 2 is 1.50 bits per heavy atom. The van der Waals surface area contributed by atoms with Crippen LogP contribution in [0.1, 0.15) is 19.3 Å². The molecule has 1 saturated carbocycles. The minimum Gasteiger partial charge on any atom is -0.0522 e. The van der Waals surface area contributed by atoms with Crippen molar-refractivity contribution in [2.45, 2.75) is 19.3 Å². The fourth-order valence-electron chi connectivity index (χ4n) is 0.585. The Labute approximate surface area is 39.6 Å². The molecule has 1 aliphatic carbocycles. The van der Waals surface area contributed by atoms with Gasteiger partial charge in [-0.05, 0) is 32.1 Å². The third-order valence-electron chi connectivity index (χ3n) is 1.28. The minimum absolute atomic E-state index is 0.278. The van der Waals surface area contributed by atoms with Crippen LogP contribution in [0.2, 0.25) is 0 Å². The summed E-state index contributed by atoms with van der Waals surface area (Å²) in [6.45, 7) is 10.8. The minimum atomic E-state index is -0.278. The van der Waals surface area contributed by atoms with E-state index in [0.717, 1.165) is 12.8 Å². The summed E-state index contributed by atoms with van der Waals surface area (Å²) < 4.78 is 0. The van der Waals surface area contributed by atoms with Gasteiger partial charge in [0.1, 0.15) is 0 Å². The zero-order valence-corrected chi connectivity index (χ0v) is 3.78. The van der Waals surface area contributed by atoms with E-state index in [0.29, 0.717) is 0 Å². The zero-order chi connectivity index (χ0) is 4.62. The first-order valence-corrected chi connectivity index (χ1v) is 2.28. The first kappa shape index (κ1) is 4.17. The van der Waals surface area contributed by atoms with Crippen LogP contribution in [0.25, 0.3) is 0 Å². The molecule has 1 fully saturated rings. The van der Waals surface area contributed by atoms with Crippen LogP contribution in [0.3, 0.4) is 0 Å². The summed E-state index contributed by atoms with van der Waals surface area (Å²) in [6, 6.07) is 0. The molecule has 0 aromatic carbocycles. The molecule has 0 atom stereocenters. The van der Waals surface area contributed by atoms with Gasteiger partial charge in [0, 0.05) is 0 Å². The number of rotatable bonds is 0. The van der Waals surface area contributed by atoms with Gasteiger partial charge in [0.2, 0.25) is 0 Å². The van der Waals surface area contributed by atoms with Gasteiger partial charge in [-0.15, -0.1) is 0 Å². The number of hydrogen-bond acceptors (Lipinski definition) is 0. The molecule has 0 amide bonds. The second-order valence-corrected chi connectivity index (χ2v) is 2.09. The van der Waals surface area contributed by atoms with Gasteiger partial charge < -0.3 is 0 Å². The third kappa shape index (κ3) is 0.562. The van der Waals surface area contributed by atoms with Crippen LogP contribution in [0.4, 0.5) is 0 Å². The summed E-state index contributed by atoms with van der Waals surface area (Å²) in [6.07, 6.45) is 3.23. The lowest BCUT2D eigenvalue weighted by Gasteiger charge is -2.32. The predicted octanol–water partition coefficient (Wildman–Crippen LogP) is 1.58. The van der Waals surface area contributed by atoms with E-state index in [4.69, 9.17) is 13.8 Å². The fourth-order valence-corrected chi connectivity index (χ4v) is 0.585. The highest BCUT2D eigenvalue weighted by atomic mass is 14.3. The second-order valence-electron chi connectivity index (χ2n) is 2.09. The first-order valence-electron chi connectivity index (χ1n) is 2.28. The maximum atomic E-state index is 5.40. The lowest BCUT2D eigenvalue weighted by Crippen LogP contribution is -2.21. The van der Waals surface area contributed by atoms with E-state index in [2.05, 4.69) is 0 Å². The zero-order valence-electron chi connectivity index (χ0n) is 3.78. The molecule has 1 aliphatic rings. The van der Waals surface area contributed by atoms with Crippen molar-refractivity contribution in [3.05, 3.63) is 13.8 Å². The molecule has 0 saturated heterocycles. The van der Waals surface area contributed by atoms with Crippen LogP contribution in [0, 0.1) is 19.3 Å². The largest absolute Gasteiger partial charge is 0.0522 e. The maximum Gasteiger partial charge on any atom is -0.0229 e. The fraction of sp³-hybridized carbons (Fsp3) is 0.667. The molecule has 0 heterocycles. The van der Waals surface area contributed by atoms with E-state index in [9.17, 15) is 0 Å². The van der Waals surface area contributed by atoms with Crippen molar-refractivity contribution in [1.29, 1.82) is 0 Å². The average molecular weight is 80.1 g/mol. The number of hydrogen-bond donors (Lipinski definition) is 0. The van der Waals surface area contributed by atoms with E-state index < -0.39 is 0 Å². The summed E-state index contributed by atoms with van der Waals surface area (Å²) in [7, 11) is 0. The van der Waals surface area contributed by atoms with Crippen LogP contribution in [-0.2, 0) is 0 Å². The van der Waals surface area contributed by atoms with Crippen molar-refractivity contribution in [2.24, 2.45) is 5.41 Å². The molecule has 0 aliphatic heterocycles. The summed E-state index contributed by atoms with van der Waals surface area (Å²) in [5, 5.41) is 0. The molecule has 32 valence electrons. The third-order valence-corrected chi connectivity index (χ3v) is 1.28.